The Bertz CT molecular complexity index is 647. The van der Waals surface area contributed by atoms with Gasteiger partial charge in [0.05, 0.1) is 5.56 Å². The zero-order valence-corrected chi connectivity index (χ0v) is 14.7. The maximum atomic E-state index is 12.6. The zero-order chi connectivity index (χ0) is 14.9. The van der Waals surface area contributed by atoms with Crippen molar-refractivity contribution in [2.45, 2.75) is 13.8 Å². The van der Waals surface area contributed by atoms with Crippen LogP contribution in [0, 0.1) is 13.8 Å². The third-order valence-corrected chi connectivity index (χ3v) is 4.21. The number of carbonyl (C=O) groups excluding carboxylic acids is 1. The molecule has 0 aromatic heterocycles. The second kappa shape index (κ2) is 6.10. The lowest BCUT2D eigenvalue weighted by molar-refractivity contribution is 0.0992. The molecule has 2 aromatic carbocycles. The highest BCUT2D eigenvalue weighted by Gasteiger charge is 2.16. The Labute approximate surface area is 136 Å². The highest BCUT2D eigenvalue weighted by molar-refractivity contribution is 9.11. The quantitative estimate of drug-likeness (QED) is 0.690. The predicted octanol–water partition coefficient (Wildman–Crippen LogP) is 5.11. The van der Waals surface area contributed by atoms with E-state index in [1.54, 1.807) is 11.9 Å². The van der Waals surface area contributed by atoms with E-state index in [1.807, 2.05) is 44.2 Å². The molecular weight excluding hydrogens is 382 g/mol. The number of amides is 1. The van der Waals surface area contributed by atoms with E-state index in [-0.39, 0.29) is 5.91 Å². The average molecular weight is 397 g/mol. The van der Waals surface area contributed by atoms with Gasteiger partial charge in [-0.15, -0.1) is 0 Å². The molecule has 0 saturated carbocycles. The maximum Gasteiger partial charge on any atom is 0.259 e. The number of benzene rings is 2. The molecule has 0 aliphatic heterocycles. The summed E-state index contributed by atoms with van der Waals surface area (Å²) in [5.74, 6) is -0.0330. The highest BCUT2D eigenvalue weighted by atomic mass is 79.9. The number of rotatable bonds is 2. The molecule has 0 aliphatic carbocycles. The minimum atomic E-state index is -0.0330. The molecule has 0 aliphatic rings. The zero-order valence-electron chi connectivity index (χ0n) is 11.6. The molecule has 0 radical (unpaired) electrons. The summed E-state index contributed by atoms with van der Waals surface area (Å²) < 4.78 is 1.73. The molecule has 0 N–H and O–H groups in total. The average Bonchev–Trinajstić information content (AvgIpc) is 2.36. The van der Waals surface area contributed by atoms with Gasteiger partial charge in [-0.05, 0) is 71.2 Å². The number of carbonyl (C=O) groups is 1. The minimum Gasteiger partial charge on any atom is -0.311 e. The third-order valence-electron chi connectivity index (χ3n) is 3.06. The fourth-order valence-corrected chi connectivity index (χ4v) is 3.32. The van der Waals surface area contributed by atoms with Gasteiger partial charge >= 0.3 is 0 Å². The third kappa shape index (κ3) is 3.30. The summed E-state index contributed by atoms with van der Waals surface area (Å²) >= 11 is 6.83. The van der Waals surface area contributed by atoms with Crippen LogP contribution in [-0.2, 0) is 0 Å². The Balaban J connectivity index is 2.37. The molecule has 0 unspecified atom stereocenters. The van der Waals surface area contributed by atoms with Gasteiger partial charge in [0.25, 0.3) is 5.91 Å². The SMILES string of the molecule is Cc1cc(C)cc(N(C)C(=O)c2ccc(Br)cc2Br)c1. The largest absolute Gasteiger partial charge is 0.311 e. The Hall–Kier alpha value is -1.13. The predicted molar refractivity (Wildman–Crippen MR) is 90.5 cm³/mol. The summed E-state index contributed by atoms with van der Waals surface area (Å²) in [7, 11) is 1.80. The van der Waals surface area contributed by atoms with E-state index in [4.69, 9.17) is 0 Å². The van der Waals surface area contributed by atoms with Crippen molar-refractivity contribution < 1.29 is 4.79 Å². The number of halogens is 2. The standard InChI is InChI=1S/C16H15Br2NO/c1-10-6-11(2)8-13(7-10)19(3)16(20)14-5-4-12(17)9-15(14)18/h4-9H,1-3H3. The van der Waals surface area contributed by atoms with Gasteiger partial charge in [-0.25, -0.2) is 0 Å². The van der Waals surface area contributed by atoms with Crippen LogP contribution in [0.3, 0.4) is 0 Å². The van der Waals surface area contributed by atoms with E-state index in [1.165, 1.54) is 0 Å². The van der Waals surface area contributed by atoms with E-state index in [0.29, 0.717) is 5.56 Å². The van der Waals surface area contributed by atoms with E-state index < -0.39 is 0 Å². The molecule has 0 saturated heterocycles. The summed E-state index contributed by atoms with van der Waals surface area (Å²) in [6.45, 7) is 4.06. The number of aryl methyl sites for hydroxylation is 2. The van der Waals surface area contributed by atoms with Crippen molar-refractivity contribution in [2.75, 3.05) is 11.9 Å². The normalized spacial score (nSPS) is 10.4. The first-order valence-electron chi connectivity index (χ1n) is 6.20. The van der Waals surface area contributed by atoms with Crippen LogP contribution in [-0.4, -0.2) is 13.0 Å². The van der Waals surface area contributed by atoms with Crippen LogP contribution in [0.25, 0.3) is 0 Å². The van der Waals surface area contributed by atoms with E-state index in [0.717, 1.165) is 25.8 Å². The number of hydrogen-bond acceptors (Lipinski definition) is 1. The smallest absolute Gasteiger partial charge is 0.259 e. The fraction of sp³-hybridized carbons (Fsp3) is 0.188. The molecule has 0 heterocycles. The number of anilines is 1. The topological polar surface area (TPSA) is 20.3 Å². The summed E-state index contributed by atoms with van der Waals surface area (Å²) in [6.07, 6.45) is 0. The fourth-order valence-electron chi connectivity index (χ4n) is 2.11. The van der Waals surface area contributed by atoms with Crippen LogP contribution >= 0.6 is 31.9 Å². The second-order valence-electron chi connectivity index (χ2n) is 4.83. The Morgan fingerprint density at radius 3 is 2.15 bits per heavy atom. The van der Waals surface area contributed by atoms with Crippen molar-refractivity contribution in [3.05, 3.63) is 62.0 Å². The maximum absolute atomic E-state index is 12.6. The molecule has 20 heavy (non-hydrogen) atoms. The lowest BCUT2D eigenvalue weighted by atomic mass is 10.1. The molecule has 1 amide bonds. The molecule has 0 spiro atoms. The number of hydrogen-bond donors (Lipinski definition) is 0. The molecule has 2 nitrogen and oxygen atoms in total. The van der Waals surface area contributed by atoms with Crippen molar-refractivity contribution in [3.63, 3.8) is 0 Å². The van der Waals surface area contributed by atoms with Crippen LogP contribution in [0.4, 0.5) is 5.69 Å². The van der Waals surface area contributed by atoms with Gasteiger partial charge in [0.1, 0.15) is 0 Å². The molecule has 0 atom stereocenters. The van der Waals surface area contributed by atoms with Crippen LogP contribution in [0.2, 0.25) is 0 Å². The molecule has 104 valence electrons. The molecule has 0 bridgehead atoms. The number of nitrogens with zero attached hydrogens (tertiary/aromatic N) is 1. The molecule has 2 aromatic rings. The van der Waals surface area contributed by atoms with Gasteiger partial charge in [0.15, 0.2) is 0 Å². The van der Waals surface area contributed by atoms with Gasteiger partial charge < -0.3 is 4.90 Å². The molecule has 4 heteroatoms. The van der Waals surface area contributed by atoms with E-state index >= 15 is 0 Å². The Morgan fingerprint density at radius 1 is 1.00 bits per heavy atom. The van der Waals surface area contributed by atoms with Crippen LogP contribution in [0.1, 0.15) is 21.5 Å². The molecule has 2 rings (SSSR count). The highest BCUT2D eigenvalue weighted by Crippen LogP contribution is 2.25. The van der Waals surface area contributed by atoms with Gasteiger partial charge in [0, 0.05) is 21.7 Å². The van der Waals surface area contributed by atoms with Crippen molar-refractivity contribution in [1.29, 1.82) is 0 Å². The van der Waals surface area contributed by atoms with Gasteiger partial charge in [0.2, 0.25) is 0 Å². The van der Waals surface area contributed by atoms with Crippen molar-refractivity contribution >= 4 is 43.5 Å². The second-order valence-corrected chi connectivity index (χ2v) is 6.60. The van der Waals surface area contributed by atoms with E-state index in [9.17, 15) is 4.79 Å². The van der Waals surface area contributed by atoms with Crippen molar-refractivity contribution in [2.24, 2.45) is 0 Å². The van der Waals surface area contributed by atoms with Gasteiger partial charge in [-0.2, -0.15) is 0 Å². The molecular formula is C16H15Br2NO. The van der Waals surface area contributed by atoms with Gasteiger partial charge in [-0.3, -0.25) is 4.79 Å². The minimum absolute atomic E-state index is 0.0330. The van der Waals surface area contributed by atoms with Gasteiger partial charge in [-0.1, -0.05) is 22.0 Å². The monoisotopic (exact) mass is 395 g/mol. The first kappa shape index (κ1) is 15.3. The van der Waals surface area contributed by atoms with Crippen LogP contribution < -0.4 is 4.90 Å². The Kier molecular flexibility index (Phi) is 4.66. The lowest BCUT2D eigenvalue weighted by Gasteiger charge is -2.19. The summed E-state index contributed by atoms with van der Waals surface area (Å²) in [5, 5.41) is 0. The van der Waals surface area contributed by atoms with Crippen LogP contribution in [0.5, 0.6) is 0 Å². The summed E-state index contributed by atoms with van der Waals surface area (Å²) in [6, 6.07) is 11.7. The van der Waals surface area contributed by atoms with Crippen LogP contribution in [0.15, 0.2) is 45.3 Å². The first-order valence-corrected chi connectivity index (χ1v) is 7.78. The molecule has 0 fully saturated rings. The summed E-state index contributed by atoms with van der Waals surface area (Å²) in [4.78, 5) is 14.3. The summed E-state index contributed by atoms with van der Waals surface area (Å²) in [5.41, 5.74) is 3.85. The lowest BCUT2D eigenvalue weighted by Crippen LogP contribution is -2.26. The Morgan fingerprint density at radius 2 is 1.60 bits per heavy atom. The van der Waals surface area contributed by atoms with Crippen molar-refractivity contribution in [1.82, 2.24) is 0 Å². The van der Waals surface area contributed by atoms with Crippen molar-refractivity contribution in [3.8, 4) is 0 Å². The first-order chi connectivity index (χ1) is 9.38. The van der Waals surface area contributed by atoms with E-state index in [2.05, 4.69) is 37.9 Å².